The fraction of sp³-hybridized carbons (Fsp3) is 0.500. The van der Waals surface area contributed by atoms with Gasteiger partial charge in [0.1, 0.15) is 6.54 Å². The summed E-state index contributed by atoms with van der Waals surface area (Å²) >= 11 is 0. The summed E-state index contributed by atoms with van der Waals surface area (Å²) in [5, 5.41) is 4.43. The first-order chi connectivity index (χ1) is 11.3. The van der Waals surface area contributed by atoms with Gasteiger partial charge in [0.2, 0.25) is 15.9 Å². The molecule has 0 atom stereocenters. The Kier molecular flexibility index (Phi) is 7.11. The van der Waals surface area contributed by atoms with Crippen LogP contribution in [0.3, 0.4) is 0 Å². The van der Waals surface area contributed by atoms with E-state index in [-0.39, 0.29) is 18.0 Å². The van der Waals surface area contributed by atoms with Crippen LogP contribution in [0, 0.1) is 0 Å². The minimum atomic E-state index is -3.75. The average molecular weight is 358 g/mol. The van der Waals surface area contributed by atoms with Crippen LogP contribution in [0.1, 0.15) is 20.8 Å². The molecule has 10 heteroatoms. The highest BCUT2D eigenvalue weighted by atomic mass is 32.2. The van der Waals surface area contributed by atoms with Gasteiger partial charge in [-0.25, -0.2) is 13.2 Å². The molecule has 0 radical (unpaired) electrons. The number of hydrogen-bond acceptors (Lipinski definition) is 5. The Balaban J connectivity index is 3.05. The van der Waals surface area contributed by atoms with Gasteiger partial charge in [-0.3, -0.25) is 14.9 Å². The van der Waals surface area contributed by atoms with Crippen molar-refractivity contribution < 1.29 is 18.0 Å². The number of amides is 3. The summed E-state index contributed by atoms with van der Waals surface area (Å²) in [6.07, 6.45) is 1.10. The molecule has 0 unspecified atom stereocenters. The molecule has 0 aromatic carbocycles. The predicted octanol–water partition coefficient (Wildman–Crippen LogP) is -0.275. The second-order valence-electron chi connectivity index (χ2n) is 4.83. The molecule has 1 rings (SSSR count). The predicted molar refractivity (Wildman–Crippen MR) is 88.0 cm³/mol. The van der Waals surface area contributed by atoms with Crippen molar-refractivity contribution in [2.75, 3.05) is 19.6 Å². The summed E-state index contributed by atoms with van der Waals surface area (Å²) in [5.41, 5.74) is -0.542. The minimum Gasteiger partial charge on any atom is -0.338 e. The fourth-order valence-electron chi connectivity index (χ4n) is 2.02. The molecule has 1 aromatic heterocycles. The maximum atomic E-state index is 12.5. The molecule has 0 saturated carbocycles. The van der Waals surface area contributed by atoms with Crippen molar-refractivity contribution in [1.82, 2.24) is 19.5 Å². The number of pyridine rings is 1. The molecule has 0 spiro atoms. The van der Waals surface area contributed by atoms with Crippen molar-refractivity contribution in [2.45, 2.75) is 32.2 Å². The van der Waals surface area contributed by atoms with E-state index in [9.17, 15) is 22.8 Å². The zero-order chi connectivity index (χ0) is 18.3. The van der Waals surface area contributed by atoms with Crippen molar-refractivity contribution in [3.8, 4) is 0 Å². The topological polar surface area (TPSA) is 118 Å². The maximum absolute atomic E-state index is 12.5. The number of carbonyl (C=O) groups is 2. The van der Waals surface area contributed by atoms with Gasteiger partial charge in [0, 0.05) is 31.9 Å². The van der Waals surface area contributed by atoms with E-state index in [1.54, 1.807) is 20.8 Å². The fourth-order valence-corrected chi connectivity index (χ4v) is 3.50. The summed E-state index contributed by atoms with van der Waals surface area (Å²) in [7, 11) is -3.75. The van der Waals surface area contributed by atoms with Crippen molar-refractivity contribution in [2.24, 2.45) is 0 Å². The molecule has 0 aliphatic carbocycles. The van der Waals surface area contributed by atoms with E-state index >= 15 is 0 Å². The molecule has 2 N–H and O–H groups in total. The van der Waals surface area contributed by atoms with E-state index < -0.39 is 34.1 Å². The van der Waals surface area contributed by atoms with E-state index in [2.05, 4.69) is 10.6 Å². The third-order valence-electron chi connectivity index (χ3n) is 3.20. The molecule has 9 nitrogen and oxygen atoms in total. The number of aromatic nitrogens is 1. The van der Waals surface area contributed by atoms with Gasteiger partial charge in [0.05, 0.1) is 4.90 Å². The van der Waals surface area contributed by atoms with Gasteiger partial charge in [-0.1, -0.05) is 13.8 Å². The molecule has 0 bridgehead atoms. The van der Waals surface area contributed by atoms with Gasteiger partial charge in [-0.2, -0.15) is 4.31 Å². The molecule has 0 aliphatic heterocycles. The number of hydrogen-bond donors (Lipinski definition) is 2. The first-order valence-corrected chi connectivity index (χ1v) is 8.98. The van der Waals surface area contributed by atoms with Crippen molar-refractivity contribution in [3.05, 3.63) is 28.7 Å². The van der Waals surface area contributed by atoms with E-state index in [0.29, 0.717) is 6.54 Å². The first-order valence-electron chi connectivity index (χ1n) is 7.54. The van der Waals surface area contributed by atoms with Crippen LogP contribution in [-0.4, -0.2) is 48.9 Å². The Labute approximate surface area is 140 Å². The van der Waals surface area contributed by atoms with Gasteiger partial charge >= 0.3 is 6.03 Å². The summed E-state index contributed by atoms with van der Waals surface area (Å²) in [4.78, 5) is 34.8. The molecule has 24 heavy (non-hydrogen) atoms. The van der Waals surface area contributed by atoms with Crippen molar-refractivity contribution >= 4 is 22.0 Å². The molecule has 0 saturated heterocycles. The monoisotopic (exact) mass is 358 g/mol. The highest BCUT2D eigenvalue weighted by Crippen LogP contribution is 2.13. The van der Waals surface area contributed by atoms with Gasteiger partial charge in [-0.05, 0) is 13.0 Å². The molecule has 1 aromatic rings. The van der Waals surface area contributed by atoms with Gasteiger partial charge in [0.15, 0.2) is 0 Å². The molecular weight excluding hydrogens is 336 g/mol. The van der Waals surface area contributed by atoms with E-state index in [1.165, 1.54) is 10.4 Å². The Hall–Kier alpha value is -2.20. The van der Waals surface area contributed by atoms with Crippen molar-refractivity contribution in [3.63, 3.8) is 0 Å². The van der Waals surface area contributed by atoms with Crippen molar-refractivity contribution in [1.29, 1.82) is 0 Å². The standard InChI is InChI=1S/C14H22N4O5S/c1-4-15-14(21)16-12(19)10-17-9-11(7-8-13(17)20)24(22,23)18(5-2)6-3/h7-9H,4-6,10H2,1-3H3,(H2,15,16,19,21). The second-order valence-corrected chi connectivity index (χ2v) is 6.77. The van der Waals surface area contributed by atoms with Crippen LogP contribution in [0.4, 0.5) is 4.79 Å². The molecule has 3 amide bonds. The SMILES string of the molecule is CCNC(=O)NC(=O)Cn1cc(S(=O)(=O)N(CC)CC)ccc1=O. The summed E-state index contributed by atoms with van der Waals surface area (Å²) in [6, 6.07) is 1.60. The lowest BCUT2D eigenvalue weighted by Gasteiger charge is -2.19. The zero-order valence-corrected chi connectivity index (χ0v) is 14.7. The molecule has 1 heterocycles. The summed E-state index contributed by atoms with van der Waals surface area (Å²) in [6.45, 7) is 5.56. The van der Waals surface area contributed by atoms with Crippen LogP contribution >= 0.6 is 0 Å². The van der Waals surface area contributed by atoms with Gasteiger partial charge < -0.3 is 9.88 Å². The molecule has 134 valence electrons. The van der Waals surface area contributed by atoms with Crippen LogP contribution < -0.4 is 16.2 Å². The number of nitrogens with zero attached hydrogens (tertiary/aromatic N) is 2. The minimum absolute atomic E-state index is 0.0865. The average Bonchev–Trinajstić information content (AvgIpc) is 2.50. The number of imide groups is 1. The summed E-state index contributed by atoms with van der Waals surface area (Å²) in [5.74, 6) is -0.722. The number of carbonyl (C=O) groups excluding carboxylic acids is 2. The molecule has 0 fully saturated rings. The Morgan fingerprint density at radius 1 is 1.17 bits per heavy atom. The maximum Gasteiger partial charge on any atom is 0.321 e. The van der Waals surface area contributed by atoms with E-state index in [0.717, 1.165) is 16.8 Å². The number of nitrogens with one attached hydrogen (secondary N) is 2. The Morgan fingerprint density at radius 2 is 1.79 bits per heavy atom. The lowest BCUT2D eigenvalue weighted by atomic mass is 10.4. The van der Waals surface area contributed by atoms with Gasteiger partial charge in [0.25, 0.3) is 5.56 Å². The number of sulfonamides is 1. The van der Waals surface area contributed by atoms with Gasteiger partial charge in [-0.15, -0.1) is 0 Å². The van der Waals surface area contributed by atoms with Crippen LogP contribution in [0.15, 0.2) is 28.0 Å². The Bertz CT molecular complexity index is 753. The third-order valence-corrected chi connectivity index (χ3v) is 5.24. The zero-order valence-electron chi connectivity index (χ0n) is 13.9. The molecular formula is C14H22N4O5S. The highest BCUT2D eigenvalue weighted by Gasteiger charge is 2.22. The van der Waals surface area contributed by atoms with Crippen LogP contribution in [0.25, 0.3) is 0 Å². The lowest BCUT2D eigenvalue weighted by molar-refractivity contribution is -0.120. The highest BCUT2D eigenvalue weighted by molar-refractivity contribution is 7.89. The second kappa shape index (κ2) is 8.60. The smallest absolute Gasteiger partial charge is 0.321 e. The molecule has 0 aliphatic rings. The Morgan fingerprint density at radius 3 is 2.33 bits per heavy atom. The lowest BCUT2D eigenvalue weighted by Crippen LogP contribution is -2.42. The first kappa shape index (κ1) is 19.8. The van der Waals surface area contributed by atoms with Crippen LogP contribution in [0.2, 0.25) is 0 Å². The number of urea groups is 1. The summed E-state index contributed by atoms with van der Waals surface area (Å²) < 4.78 is 27.1. The third kappa shape index (κ3) is 4.90. The quantitative estimate of drug-likeness (QED) is 0.695. The van der Waals surface area contributed by atoms with E-state index in [4.69, 9.17) is 0 Å². The van der Waals surface area contributed by atoms with Crippen LogP contribution in [0.5, 0.6) is 0 Å². The normalized spacial score (nSPS) is 11.3. The van der Waals surface area contributed by atoms with E-state index in [1.807, 2.05) is 0 Å². The largest absolute Gasteiger partial charge is 0.338 e. The van der Waals surface area contributed by atoms with Crippen LogP contribution in [-0.2, 0) is 21.4 Å². The number of rotatable bonds is 7.